The summed E-state index contributed by atoms with van der Waals surface area (Å²) in [6, 6.07) is 6.02. The molecule has 0 saturated carbocycles. The molecule has 0 fully saturated rings. The summed E-state index contributed by atoms with van der Waals surface area (Å²) in [6.07, 6.45) is 1.54. The van der Waals surface area contributed by atoms with Crippen LogP contribution in [0.2, 0.25) is 0 Å². The van der Waals surface area contributed by atoms with Crippen molar-refractivity contribution in [3.8, 4) is 17.6 Å². The Labute approximate surface area is 110 Å². The van der Waals surface area contributed by atoms with Crippen LogP contribution in [-0.2, 0) is 0 Å². The van der Waals surface area contributed by atoms with Gasteiger partial charge in [0.25, 0.3) is 0 Å². The van der Waals surface area contributed by atoms with E-state index in [9.17, 15) is 0 Å². The van der Waals surface area contributed by atoms with Crippen LogP contribution in [0.15, 0.2) is 18.2 Å². The quantitative estimate of drug-likeness (QED) is 0.809. The molecule has 0 aliphatic rings. The zero-order valence-electron chi connectivity index (χ0n) is 11.5. The van der Waals surface area contributed by atoms with Crippen molar-refractivity contribution in [1.29, 1.82) is 0 Å². The topological polar surface area (TPSA) is 29.5 Å². The smallest absolute Gasteiger partial charge is 0.134 e. The van der Waals surface area contributed by atoms with Crippen molar-refractivity contribution < 1.29 is 9.84 Å². The summed E-state index contributed by atoms with van der Waals surface area (Å²) in [7, 11) is 0. The van der Waals surface area contributed by atoms with E-state index in [1.807, 2.05) is 25.1 Å². The van der Waals surface area contributed by atoms with Crippen molar-refractivity contribution in [2.45, 2.75) is 33.6 Å². The van der Waals surface area contributed by atoms with Crippen molar-refractivity contribution in [3.05, 3.63) is 29.3 Å². The minimum absolute atomic E-state index is 0.0996. The lowest BCUT2D eigenvalue weighted by Gasteiger charge is -2.10. The van der Waals surface area contributed by atoms with Crippen molar-refractivity contribution in [1.82, 2.24) is 0 Å². The fraction of sp³-hybridized carbons (Fsp3) is 0.500. The van der Waals surface area contributed by atoms with Gasteiger partial charge in [0, 0.05) is 6.42 Å². The van der Waals surface area contributed by atoms with Crippen LogP contribution in [0.4, 0.5) is 0 Å². The minimum Gasteiger partial charge on any atom is -0.492 e. The second kappa shape index (κ2) is 7.79. The Bertz CT molecular complexity index is 424. The first-order chi connectivity index (χ1) is 8.63. The van der Waals surface area contributed by atoms with E-state index in [-0.39, 0.29) is 6.61 Å². The molecule has 0 atom stereocenters. The fourth-order valence-electron chi connectivity index (χ4n) is 1.49. The first kappa shape index (κ1) is 14.6. The number of hydrogen-bond acceptors (Lipinski definition) is 2. The van der Waals surface area contributed by atoms with Crippen LogP contribution in [-0.4, -0.2) is 18.3 Å². The summed E-state index contributed by atoms with van der Waals surface area (Å²) < 4.78 is 5.77. The van der Waals surface area contributed by atoms with Crippen LogP contribution in [0.5, 0.6) is 5.75 Å². The van der Waals surface area contributed by atoms with Crippen molar-refractivity contribution in [3.63, 3.8) is 0 Å². The number of ether oxygens (including phenoxy) is 1. The van der Waals surface area contributed by atoms with E-state index in [0.29, 0.717) is 12.3 Å². The molecule has 18 heavy (non-hydrogen) atoms. The van der Waals surface area contributed by atoms with Crippen LogP contribution in [0.1, 0.15) is 37.8 Å². The monoisotopic (exact) mass is 246 g/mol. The van der Waals surface area contributed by atoms with E-state index in [1.54, 1.807) is 0 Å². The average Bonchev–Trinajstić information content (AvgIpc) is 2.32. The predicted molar refractivity (Wildman–Crippen MR) is 74.7 cm³/mol. The van der Waals surface area contributed by atoms with Crippen LogP contribution in [0.25, 0.3) is 0 Å². The van der Waals surface area contributed by atoms with E-state index in [0.717, 1.165) is 24.3 Å². The highest BCUT2D eigenvalue weighted by Crippen LogP contribution is 2.19. The first-order valence-corrected chi connectivity index (χ1v) is 6.46. The number of rotatable bonds is 5. The van der Waals surface area contributed by atoms with Gasteiger partial charge in [-0.05, 0) is 37.0 Å². The van der Waals surface area contributed by atoms with E-state index in [1.165, 1.54) is 5.56 Å². The maximum Gasteiger partial charge on any atom is 0.134 e. The van der Waals surface area contributed by atoms with Crippen molar-refractivity contribution in [2.75, 3.05) is 13.2 Å². The zero-order valence-corrected chi connectivity index (χ0v) is 11.5. The van der Waals surface area contributed by atoms with Crippen molar-refractivity contribution >= 4 is 0 Å². The molecule has 0 aromatic heterocycles. The van der Waals surface area contributed by atoms with Gasteiger partial charge in [0.1, 0.15) is 5.75 Å². The lowest BCUT2D eigenvalue weighted by molar-refractivity contribution is 0.288. The molecule has 0 aliphatic carbocycles. The summed E-state index contributed by atoms with van der Waals surface area (Å²) in [5, 5.41) is 8.74. The van der Waals surface area contributed by atoms with Gasteiger partial charge in [0.15, 0.2) is 0 Å². The maximum atomic E-state index is 8.74. The zero-order chi connectivity index (χ0) is 13.4. The number of hydrogen-bond donors (Lipinski definition) is 1. The van der Waals surface area contributed by atoms with Gasteiger partial charge < -0.3 is 9.84 Å². The summed E-state index contributed by atoms with van der Waals surface area (Å²) >= 11 is 0. The lowest BCUT2D eigenvalue weighted by Crippen LogP contribution is -2.02. The summed E-state index contributed by atoms with van der Waals surface area (Å²) in [4.78, 5) is 0. The third kappa shape index (κ3) is 5.25. The average molecular weight is 246 g/mol. The molecule has 0 saturated heterocycles. The third-order valence-corrected chi connectivity index (χ3v) is 2.55. The SMILES string of the molecule is Cc1ccc(OCCC(C)C)c(C#CCCO)c1. The van der Waals surface area contributed by atoms with E-state index in [2.05, 4.69) is 25.7 Å². The van der Waals surface area contributed by atoms with E-state index >= 15 is 0 Å². The largest absolute Gasteiger partial charge is 0.492 e. The molecule has 0 unspecified atom stereocenters. The molecule has 1 aromatic carbocycles. The Morgan fingerprint density at radius 2 is 2.11 bits per heavy atom. The second-order valence-electron chi connectivity index (χ2n) is 4.81. The molecule has 0 radical (unpaired) electrons. The molecule has 1 N–H and O–H groups in total. The summed E-state index contributed by atoms with van der Waals surface area (Å²) in [5.41, 5.74) is 2.08. The minimum atomic E-state index is 0.0996. The third-order valence-electron chi connectivity index (χ3n) is 2.55. The highest BCUT2D eigenvalue weighted by Gasteiger charge is 2.02. The van der Waals surface area contributed by atoms with E-state index < -0.39 is 0 Å². The fourth-order valence-corrected chi connectivity index (χ4v) is 1.49. The molecule has 2 nitrogen and oxygen atoms in total. The van der Waals surface area contributed by atoms with Crippen LogP contribution in [0.3, 0.4) is 0 Å². The normalized spacial score (nSPS) is 10.1. The van der Waals surface area contributed by atoms with Gasteiger partial charge in [-0.25, -0.2) is 0 Å². The molecule has 0 bridgehead atoms. The lowest BCUT2D eigenvalue weighted by atomic mass is 10.1. The highest BCUT2D eigenvalue weighted by molar-refractivity contribution is 5.48. The van der Waals surface area contributed by atoms with Crippen LogP contribution >= 0.6 is 0 Å². The highest BCUT2D eigenvalue weighted by atomic mass is 16.5. The number of aliphatic hydroxyl groups is 1. The van der Waals surface area contributed by atoms with Gasteiger partial charge in [-0.2, -0.15) is 0 Å². The van der Waals surface area contributed by atoms with Gasteiger partial charge in [-0.1, -0.05) is 31.8 Å². The van der Waals surface area contributed by atoms with Gasteiger partial charge in [-0.15, -0.1) is 0 Å². The van der Waals surface area contributed by atoms with Gasteiger partial charge in [0.05, 0.1) is 18.8 Å². The molecule has 1 aromatic rings. The Balaban J connectivity index is 2.74. The first-order valence-electron chi connectivity index (χ1n) is 6.46. The second-order valence-corrected chi connectivity index (χ2v) is 4.81. The molecular formula is C16H22O2. The Morgan fingerprint density at radius 1 is 1.33 bits per heavy atom. The summed E-state index contributed by atoms with van der Waals surface area (Å²) in [5.74, 6) is 7.47. The number of aryl methyl sites for hydroxylation is 1. The molecule has 2 heteroatoms. The molecule has 0 spiro atoms. The molecule has 1 rings (SSSR count). The standard InChI is InChI=1S/C16H22O2/c1-13(2)9-11-18-16-8-7-14(3)12-15(16)6-4-5-10-17/h7-8,12-13,17H,5,9-11H2,1-3H3. The van der Waals surface area contributed by atoms with Gasteiger partial charge in [-0.3, -0.25) is 0 Å². The van der Waals surface area contributed by atoms with Gasteiger partial charge in [0.2, 0.25) is 0 Å². The molecule has 98 valence electrons. The molecule has 0 heterocycles. The van der Waals surface area contributed by atoms with Gasteiger partial charge >= 0.3 is 0 Å². The Kier molecular flexibility index (Phi) is 6.32. The molecule has 0 amide bonds. The Morgan fingerprint density at radius 3 is 2.78 bits per heavy atom. The molecular weight excluding hydrogens is 224 g/mol. The number of aliphatic hydroxyl groups excluding tert-OH is 1. The molecule has 0 aliphatic heterocycles. The van der Waals surface area contributed by atoms with Crippen LogP contribution < -0.4 is 4.74 Å². The number of benzene rings is 1. The van der Waals surface area contributed by atoms with Crippen molar-refractivity contribution in [2.24, 2.45) is 5.92 Å². The van der Waals surface area contributed by atoms with Crippen LogP contribution in [0, 0.1) is 24.7 Å². The van der Waals surface area contributed by atoms with E-state index in [4.69, 9.17) is 9.84 Å². The summed E-state index contributed by atoms with van der Waals surface area (Å²) in [6.45, 7) is 7.22. The maximum absolute atomic E-state index is 8.74. The Hall–Kier alpha value is -1.46. The predicted octanol–water partition coefficient (Wildman–Crippen LogP) is 3.15.